The number of rotatable bonds is 4. The van der Waals surface area contributed by atoms with Crippen LogP contribution in [0.2, 0.25) is 0 Å². The maximum Gasteiger partial charge on any atom is 0.275 e. The Morgan fingerprint density at radius 2 is 2.05 bits per heavy atom. The predicted octanol–water partition coefficient (Wildman–Crippen LogP) is 2.26. The number of nitrogens with one attached hydrogen (secondary N) is 1. The fourth-order valence-corrected chi connectivity index (χ4v) is 1.77. The number of carbonyl (C=O) groups is 1. The second kappa shape index (κ2) is 5.95. The lowest BCUT2D eigenvalue weighted by Gasteiger charge is -2.09. The summed E-state index contributed by atoms with van der Waals surface area (Å²) < 4.78 is 0. The first-order valence-electron chi connectivity index (χ1n) is 6.17. The molecule has 0 atom stereocenters. The van der Waals surface area contributed by atoms with Crippen molar-refractivity contribution in [2.24, 2.45) is 0 Å². The average molecular weight is 256 g/mol. The molecule has 0 saturated heterocycles. The molecule has 5 nitrogen and oxygen atoms in total. The maximum absolute atomic E-state index is 12.0. The minimum absolute atomic E-state index is 0.250. The molecule has 0 aliphatic carbocycles. The number of hydrogen-bond acceptors (Lipinski definition) is 4. The van der Waals surface area contributed by atoms with Crippen LogP contribution in [0.1, 0.15) is 29.4 Å². The van der Waals surface area contributed by atoms with Crippen LogP contribution in [0.3, 0.4) is 0 Å². The van der Waals surface area contributed by atoms with E-state index >= 15 is 0 Å². The molecule has 3 N–H and O–H groups in total. The standard InChI is InChI=1S/C14H16N4O/c1-2-5-10-6-3-4-7-11(10)18-14(19)12-8-17-13(15)9-16-12/h3-4,6-9H,2,5H2,1H3,(H2,15,17)(H,18,19). The van der Waals surface area contributed by atoms with E-state index in [1.165, 1.54) is 12.4 Å². The van der Waals surface area contributed by atoms with Gasteiger partial charge in [-0.15, -0.1) is 0 Å². The monoisotopic (exact) mass is 256 g/mol. The molecule has 19 heavy (non-hydrogen) atoms. The van der Waals surface area contributed by atoms with Crippen molar-refractivity contribution in [3.05, 3.63) is 47.9 Å². The molecule has 1 aromatic heterocycles. The minimum atomic E-state index is -0.281. The van der Waals surface area contributed by atoms with E-state index in [-0.39, 0.29) is 11.6 Å². The number of nitrogens with zero attached hydrogens (tertiary/aromatic N) is 2. The van der Waals surface area contributed by atoms with Crippen molar-refractivity contribution < 1.29 is 4.79 Å². The predicted molar refractivity (Wildman–Crippen MR) is 74.8 cm³/mol. The number of para-hydroxylation sites is 1. The van der Waals surface area contributed by atoms with Gasteiger partial charge in [0.1, 0.15) is 11.5 Å². The van der Waals surface area contributed by atoms with Gasteiger partial charge in [0.15, 0.2) is 0 Å². The third-order valence-electron chi connectivity index (χ3n) is 2.69. The van der Waals surface area contributed by atoms with Crippen molar-refractivity contribution in [2.75, 3.05) is 11.1 Å². The van der Waals surface area contributed by atoms with E-state index < -0.39 is 0 Å². The minimum Gasteiger partial charge on any atom is -0.382 e. The summed E-state index contributed by atoms with van der Waals surface area (Å²) in [5.74, 6) is 0.0130. The van der Waals surface area contributed by atoms with Gasteiger partial charge in [-0.05, 0) is 18.1 Å². The lowest BCUT2D eigenvalue weighted by molar-refractivity contribution is 0.102. The molecule has 1 aromatic carbocycles. The number of nitrogens with two attached hydrogens (primary N) is 1. The number of carbonyl (C=O) groups excluding carboxylic acids is 1. The highest BCUT2D eigenvalue weighted by molar-refractivity contribution is 6.03. The van der Waals surface area contributed by atoms with Crippen molar-refractivity contribution >= 4 is 17.4 Å². The van der Waals surface area contributed by atoms with Gasteiger partial charge in [0, 0.05) is 5.69 Å². The van der Waals surface area contributed by atoms with Gasteiger partial charge in [-0.3, -0.25) is 4.79 Å². The Morgan fingerprint density at radius 3 is 2.74 bits per heavy atom. The second-order valence-electron chi connectivity index (χ2n) is 4.19. The molecular formula is C14H16N4O. The molecule has 2 aromatic rings. The van der Waals surface area contributed by atoms with E-state index in [0.29, 0.717) is 5.82 Å². The van der Waals surface area contributed by atoms with Gasteiger partial charge in [-0.25, -0.2) is 9.97 Å². The molecule has 5 heteroatoms. The van der Waals surface area contributed by atoms with Gasteiger partial charge in [0.2, 0.25) is 0 Å². The van der Waals surface area contributed by atoms with E-state index in [2.05, 4.69) is 22.2 Å². The molecule has 1 amide bonds. The van der Waals surface area contributed by atoms with Crippen molar-refractivity contribution in [2.45, 2.75) is 19.8 Å². The maximum atomic E-state index is 12.0. The van der Waals surface area contributed by atoms with Gasteiger partial charge >= 0.3 is 0 Å². The lowest BCUT2D eigenvalue weighted by atomic mass is 10.1. The van der Waals surface area contributed by atoms with Crippen LogP contribution in [-0.2, 0) is 6.42 Å². The molecule has 0 fully saturated rings. The molecular weight excluding hydrogens is 240 g/mol. The van der Waals surface area contributed by atoms with E-state index in [4.69, 9.17) is 5.73 Å². The Balaban J connectivity index is 2.16. The average Bonchev–Trinajstić information content (AvgIpc) is 2.42. The first-order valence-corrected chi connectivity index (χ1v) is 6.17. The summed E-state index contributed by atoms with van der Waals surface area (Å²) in [5, 5.41) is 2.85. The highest BCUT2D eigenvalue weighted by Crippen LogP contribution is 2.17. The van der Waals surface area contributed by atoms with Crippen LogP contribution in [0, 0.1) is 0 Å². The van der Waals surface area contributed by atoms with Crippen molar-refractivity contribution in [3.8, 4) is 0 Å². The van der Waals surface area contributed by atoms with Crippen LogP contribution < -0.4 is 11.1 Å². The summed E-state index contributed by atoms with van der Waals surface area (Å²) in [6, 6.07) is 7.74. The van der Waals surface area contributed by atoms with Crippen molar-refractivity contribution in [1.29, 1.82) is 0 Å². The number of aryl methyl sites for hydroxylation is 1. The van der Waals surface area contributed by atoms with Crippen LogP contribution in [0.4, 0.5) is 11.5 Å². The third kappa shape index (κ3) is 3.28. The quantitative estimate of drug-likeness (QED) is 0.879. The van der Waals surface area contributed by atoms with Crippen LogP contribution in [0.25, 0.3) is 0 Å². The van der Waals surface area contributed by atoms with Gasteiger partial charge in [-0.2, -0.15) is 0 Å². The summed E-state index contributed by atoms with van der Waals surface area (Å²) >= 11 is 0. The zero-order valence-electron chi connectivity index (χ0n) is 10.8. The molecule has 1 heterocycles. The molecule has 0 bridgehead atoms. The zero-order chi connectivity index (χ0) is 13.7. The third-order valence-corrected chi connectivity index (χ3v) is 2.69. The Morgan fingerprint density at radius 1 is 1.26 bits per heavy atom. The van der Waals surface area contributed by atoms with Crippen LogP contribution in [0.5, 0.6) is 0 Å². The van der Waals surface area contributed by atoms with E-state index in [9.17, 15) is 4.79 Å². The van der Waals surface area contributed by atoms with Crippen molar-refractivity contribution in [3.63, 3.8) is 0 Å². The second-order valence-corrected chi connectivity index (χ2v) is 4.19. The summed E-state index contributed by atoms with van der Waals surface area (Å²) in [5.41, 5.74) is 7.61. The smallest absolute Gasteiger partial charge is 0.275 e. The number of anilines is 2. The highest BCUT2D eigenvalue weighted by Gasteiger charge is 2.10. The van der Waals surface area contributed by atoms with E-state index in [0.717, 1.165) is 24.1 Å². The summed E-state index contributed by atoms with van der Waals surface area (Å²) in [6.07, 6.45) is 4.68. The first-order chi connectivity index (χ1) is 9.20. The summed E-state index contributed by atoms with van der Waals surface area (Å²) in [7, 11) is 0. The van der Waals surface area contributed by atoms with E-state index in [1.807, 2.05) is 24.3 Å². The lowest BCUT2D eigenvalue weighted by Crippen LogP contribution is -2.15. The fraction of sp³-hybridized carbons (Fsp3) is 0.214. The number of nitrogen functional groups attached to an aromatic ring is 1. The molecule has 98 valence electrons. The van der Waals surface area contributed by atoms with Gasteiger partial charge in [0.05, 0.1) is 12.4 Å². The SMILES string of the molecule is CCCc1ccccc1NC(=O)c1cnc(N)cn1. The molecule has 0 radical (unpaired) electrons. The molecule has 0 aliphatic rings. The fourth-order valence-electron chi connectivity index (χ4n) is 1.77. The normalized spacial score (nSPS) is 10.2. The largest absolute Gasteiger partial charge is 0.382 e. The Hall–Kier alpha value is -2.43. The molecule has 0 aliphatic heterocycles. The van der Waals surface area contributed by atoms with Crippen LogP contribution in [0.15, 0.2) is 36.7 Å². The highest BCUT2D eigenvalue weighted by atomic mass is 16.1. The van der Waals surface area contributed by atoms with Crippen LogP contribution in [-0.4, -0.2) is 15.9 Å². The van der Waals surface area contributed by atoms with Gasteiger partial charge in [0.25, 0.3) is 5.91 Å². The molecule has 0 unspecified atom stereocenters. The molecule has 2 rings (SSSR count). The first kappa shape index (κ1) is 13.0. The van der Waals surface area contributed by atoms with E-state index in [1.54, 1.807) is 0 Å². The van der Waals surface area contributed by atoms with Crippen molar-refractivity contribution in [1.82, 2.24) is 9.97 Å². The Bertz CT molecular complexity index is 566. The molecule has 0 saturated carbocycles. The number of hydrogen-bond donors (Lipinski definition) is 2. The van der Waals surface area contributed by atoms with Crippen LogP contribution >= 0.6 is 0 Å². The summed E-state index contributed by atoms with van der Waals surface area (Å²) in [4.78, 5) is 19.8. The summed E-state index contributed by atoms with van der Waals surface area (Å²) in [6.45, 7) is 2.10. The van der Waals surface area contributed by atoms with Gasteiger partial charge in [-0.1, -0.05) is 31.5 Å². The number of aromatic nitrogens is 2. The number of benzene rings is 1. The Kier molecular flexibility index (Phi) is 4.07. The molecule has 0 spiro atoms. The number of amides is 1. The van der Waals surface area contributed by atoms with Gasteiger partial charge < -0.3 is 11.1 Å². The zero-order valence-corrected chi connectivity index (χ0v) is 10.8. The topological polar surface area (TPSA) is 80.9 Å². The Labute approximate surface area is 111 Å².